The van der Waals surface area contributed by atoms with Crippen molar-refractivity contribution in [3.63, 3.8) is 0 Å². The van der Waals surface area contributed by atoms with E-state index in [4.69, 9.17) is 9.84 Å². The summed E-state index contributed by atoms with van der Waals surface area (Å²) in [5, 5.41) is 15.4. The Balaban J connectivity index is 1.68. The maximum atomic E-state index is 9.01. The quantitative estimate of drug-likeness (QED) is 0.672. The van der Waals surface area contributed by atoms with Crippen LogP contribution in [0, 0.1) is 6.92 Å². The van der Waals surface area contributed by atoms with E-state index in [1.54, 1.807) is 0 Å². The fourth-order valence-electron chi connectivity index (χ4n) is 2.87. The lowest BCUT2D eigenvalue weighted by Crippen LogP contribution is -2.14. The van der Waals surface area contributed by atoms with E-state index in [2.05, 4.69) is 38.6 Å². The monoisotopic (exact) mass is 343 g/mol. The van der Waals surface area contributed by atoms with Gasteiger partial charge in [0.05, 0.1) is 18.9 Å². The Labute approximate surface area is 147 Å². The molecule has 3 N–H and O–H groups in total. The lowest BCUT2D eigenvalue weighted by Gasteiger charge is -2.13. The molecule has 1 aliphatic rings. The number of anilines is 2. The molecule has 0 spiro atoms. The van der Waals surface area contributed by atoms with Crippen molar-refractivity contribution in [2.75, 3.05) is 43.5 Å². The molecule has 0 radical (unpaired) electrons. The van der Waals surface area contributed by atoms with Crippen molar-refractivity contribution in [3.8, 4) is 0 Å². The molecule has 1 fully saturated rings. The van der Waals surface area contributed by atoms with Gasteiger partial charge in [-0.05, 0) is 25.0 Å². The van der Waals surface area contributed by atoms with Crippen molar-refractivity contribution in [1.29, 1.82) is 0 Å². The zero-order valence-electron chi connectivity index (χ0n) is 14.5. The predicted octanol–water partition coefficient (Wildman–Crippen LogP) is 1.74. The number of nitrogens with one attached hydrogen (secondary N) is 2. The smallest absolute Gasteiger partial charge is 0.224 e. The second-order valence-electron chi connectivity index (χ2n) is 6.16. The summed E-state index contributed by atoms with van der Waals surface area (Å²) in [5.41, 5.74) is 3.26. The van der Waals surface area contributed by atoms with Crippen LogP contribution in [0.4, 0.5) is 11.8 Å². The topological polar surface area (TPSA) is 92.2 Å². The van der Waals surface area contributed by atoms with Crippen molar-refractivity contribution in [1.82, 2.24) is 15.0 Å². The highest BCUT2D eigenvalue weighted by atomic mass is 16.5. The van der Waals surface area contributed by atoms with Gasteiger partial charge in [-0.15, -0.1) is 0 Å². The van der Waals surface area contributed by atoms with Gasteiger partial charge in [0.1, 0.15) is 5.82 Å². The number of aryl methyl sites for hydroxylation is 1. The lowest BCUT2D eigenvalue weighted by atomic mass is 10.0. The highest BCUT2D eigenvalue weighted by molar-refractivity contribution is 5.43. The van der Waals surface area contributed by atoms with Gasteiger partial charge in [0.25, 0.3) is 0 Å². The lowest BCUT2D eigenvalue weighted by molar-refractivity contribution is 0.193. The third-order valence-corrected chi connectivity index (χ3v) is 4.27. The maximum Gasteiger partial charge on any atom is 0.224 e. The van der Waals surface area contributed by atoms with E-state index in [1.807, 2.05) is 18.3 Å². The Hall–Kier alpha value is -2.25. The summed E-state index contributed by atoms with van der Waals surface area (Å²) in [6.07, 6.45) is 3.63. The van der Waals surface area contributed by atoms with Crippen LogP contribution in [0.1, 0.15) is 29.3 Å². The van der Waals surface area contributed by atoms with Crippen molar-refractivity contribution in [3.05, 3.63) is 41.3 Å². The number of pyridine rings is 1. The molecule has 0 saturated carbocycles. The highest BCUT2D eigenvalue weighted by Crippen LogP contribution is 2.26. The number of aliphatic hydroxyl groups excluding tert-OH is 1. The van der Waals surface area contributed by atoms with Gasteiger partial charge in [-0.2, -0.15) is 4.98 Å². The second kappa shape index (κ2) is 8.73. The minimum Gasteiger partial charge on any atom is -0.395 e. The van der Waals surface area contributed by atoms with Gasteiger partial charge in [0.15, 0.2) is 0 Å². The van der Waals surface area contributed by atoms with E-state index < -0.39 is 0 Å². The van der Waals surface area contributed by atoms with Crippen LogP contribution in [0.5, 0.6) is 0 Å². The van der Waals surface area contributed by atoms with Gasteiger partial charge in [-0.25, -0.2) is 4.98 Å². The fourth-order valence-corrected chi connectivity index (χ4v) is 2.87. The maximum absolute atomic E-state index is 9.01. The number of rotatable bonds is 8. The molecule has 0 unspecified atom stereocenters. The predicted molar refractivity (Wildman–Crippen MR) is 97.0 cm³/mol. The summed E-state index contributed by atoms with van der Waals surface area (Å²) in [6, 6.07) is 6.02. The molecule has 0 aliphatic carbocycles. The van der Waals surface area contributed by atoms with E-state index in [0.717, 1.165) is 43.2 Å². The average molecular weight is 343 g/mol. The zero-order chi connectivity index (χ0) is 17.5. The van der Waals surface area contributed by atoms with Gasteiger partial charge in [0.2, 0.25) is 5.95 Å². The summed E-state index contributed by atoms with van der Waals surface area (Å²) in [4.78, 5) is 13.5. The molecule has 0 bridgehead atoms. The largest absolute Gasteiger partial charge is 0.395 e. The normalized spacial score (nSPS) is 16.8. The van der Waals surface area contributed by atoms with Crippen LogP contribution in [0.2, 0.25) is 0 Å². The number of hydrogen-bond donors (Lipinski definition) is 3. The van der Waals surface area contributed by atoms with Gasteiger partial charge in [-0.3, -0.25) is 4.98 Å². The molecule has 7 heteroatoms. The van der Waals surface area contributed by atoms with Crippen LogP contribution in [0.25, 0.3) is 0 Å². The molecular formula is C18H25N5O2. The summed E-state index contributed by atoms with van der Waals surface area (Å²) in [6.45, 7) is 4.76. The summed E-state index contributed by atoms with van der Waals surface area (Å²) in [5.74, 6) is 1.62. The first-order chi connectivity index (χ1) is 12.3. The second-order valence-corrected chi connectivity index (χ2v) is 6.16. The van der Waals surface area contributed by atoms with Gasteiger partial charge >= 0.3 is 0 Å². The highest BCUT2D eigenvalue weighted by Gasteiger charge is 2.20. The van der Waals surface area contributed by atoms with E-state index in [-0.39, 0.29) is 6.61 Å². The Morgan fingerprint density at radius 2 is 2.20 bits per heavy atom. The third kappa shape index (κ3) is 4.87. The first-order valence-corrected chi connectivity index (χ1v) is 8.72. The molecule has 1 saturated heterocycles. The number of nitrogens with zero attached hydrogens (tertiary/aromatic N) is 3. The molecule has 1 aliphatic heterocycles. The van der Waals surface area contributed by atoms with Crippen LogP contribution in [0.15, 0.2) is 24.4 Å². The van der Waals surface area contributed by atoms with Crippen molar-refractivity contribution >= 4 is 11.8 Å². The number of hydrogen-bond acceptors (Lipinski definition) is 7. The van der Waals surface area contributed by atoms with Crippen LogP contribution < -0.4 is 10.6 Å². The molecule has 3 heterocycles. The molecule has 0 amide bonds. The van der Waals surface area contributed by atoms with E-state index >= 15 is 0 Å². The third-order valence-electron chi connectivity index (χ3n) is 4.27. The van der Waals surface area contributed by atoms with E-state index in [0.29, 0.717) is 25.0 Å². The van der Waals surface area contributed by atoms with Crippen molar-refractivity contribution < 1.29 is 9.84 Å². The standard InChI is InChI=1S/C18H25N5O2/c1-13-3-2-6-19-15(13)4-7-20-17-11-16(14-5-10-25-12-14)22-18(23-17)21-8-9-24/h2-3,6,11,14,24H,4-5,7-10,12H2,1H3,(H2,20,21,22,23)/t14-/m1/s1. The summed E-state index contributed by atoms with van der Waals surface area (Å²) < 4.78 is 5.48. The van der Waals surface area contributed by atoms with Gasteiger partial charge in [-0.1, -0.05) is 6.07 Å². The Morgan fingerprint density at radius 3 is 2.96 bits per heavy atom. The SMILES string of the molecule is Cc1cccnc1CCNc1cc([C@@H]2CCOC2)nc(NCCO)n1. The molecule has 25 heavy (non-hydrogen) atoms. The van der Waals surface area contributed by atoms with Crippen LogP contribution >= 0.6 is 0 Å². The molecule has 1 atom stereocenters. The fraction of sp³-hybridized carbons (Fsp3) is 0.500. The molecule has 0 aromatic carbocycles. The number of aliphatic hydroxyl groups is 1. The Bertz CT molecular complexity index is 689. The molecule has 2 aromatic rings. The van der Waals surface area contributed by atoms with Crippen molar-refractivity contribution in [2.45, 2.75) is 25.7 Å². The van der Waals surface area contributed by atoms with Gasteiger partial charge < -0.3 is 20.5 Å². The molecule has 2 aromatic heterocycles. The molecular weight excluding hydrogens is 318 g/mol. The van der Waals surface area contributed by atoms with Crippen LogP contribution in [0.3, 0.4) is 0 Å². The first-order valence-electron chi connectivity index (χ1n) is 8.72. The zero-order valence-corrected chi connectivity index (χ0v) is 14.5. The Morgan fingerprint density at radius 1 is 1.28 bits per heavy atom. The van der Waals surface area contributed by atoms with Crippen molar-refractivity contribution in [2.24, 2.45) is 0 Å². The number of aromatic nitrogens is 3. The van der Waals surface area contributed by atoms with E-state index in [9.17, 15) is 0 Å². The minimum absolute atomic E-state index is 0.0435. The first kappa shape index (κ1) is 17.6. The molecule has 3 rings (SSSR count). The van der Waals surface area contributed by atoms with E-state index in [1.165, 1.54) is 5.56 Å². The average Bonchev–Trinajstić information content (AvgIpc) is 3.16. The van der Waals surface area contributed by atoms with Crippen LogP contribution in [-0.4, -0.2) is 53.0 Å². The number of ether oxygens (including phenoxy) is 1. The van der Waals surface area contributed by atoms with Crippen LogP contribution in [-0.2, 0) is 11.2 Å². The molecule has 7 nitrogen and oxygen atoms in total. The Kier molecular flexibility index (Phi) is 6.14. The summed E-state index contributed by atoms with van der Waals surface area (Å²) in [7, 11) is 0. The molecule has 134 valence electrons. The van der Waals surface area contributed by atoms with Gasteiger partial charge in [0, 0.05) is 50.0 Å². The summed E-state index contributed by atoms with van der Waals surface area (Å²) >= 11 is 0. The minimum atomic E-state index is 0.0435.